The maximum atomic E-state index is 5.79. The minimum absolute atomic E-state index is 0.187. The van der Waals surface area contributed by atoms with Gasteiger partial charge in [0.15, 0.2) is 17.5 Å². The van der Waals surface area contributed by atoms with Crippen LogP contribution < -0.4 is 15.0 Å². The molecule has 0 aliphatic carbocycles. The molecule has 0 bridgehead atoms. The molecule has 42 heavy (non-hydrogen) atoms. The number of anilines is 2. The second-order valence-corrected chi connectivity index (χ2v) is 10.7. The molecule has 7 heteroatoms. The van der Waals surface area contributed by atoms with Crippen LogP contribution in [0.4, 0.5) is 22.9 Å². The molecule has 1 N–H and O–H groups in total. The predicted molar refractivity (Wildman–Crippen MR) is 170 cm³/mol. The Morgan fingerprint density at radius 2 is 1.52 bits per heavy atom. The van der Waals surface area contributed by atoms with E-state index in [0.717, 1.165) is 57.0 Å². The largest absolute Gasteiger partial charge is 0.494 e. The highest BCUT2D eigenvalue weighted by Gasteiger charge is 2.41. The molecule has 0 radical (unpaired) electrons. The number of nitrogens with one attached hydrogen (secondary N) is 1. The Morgan fingerprint density at radius 1 is 0.810 bits per heavy atom. The van der Waals surface area contributed by atoms with E-state index < -0.39 is 0 Å². The van der Waals surface area contributed by atoms with Crippen molar-refractivity contribution in [2.24, 2.45) is 9.98 Å². The number of aromatic nitrogens is 2. The number of amidine groups is 2. The number of aryl methyl sites for hydroxylation is 3. The fourth-order valence-corrected chi connectivity index (χ4v) is 5.96. The third-order valence-electron chi connectivity index (χ3n) is 7.63. The van der Waals surface area contributed by atoms with E-state index in [0.29, 0.717) is 12.4 Å². The number of ether oxygens (including phenoxy) is 1. The van der Waals surface area contributed by atoms with Crippen molar-refractivity contribution in [2.45, 2.75) is 33.7 Å². The topological polar surface area (TPSA) is 67.0 Å². The van der Waals surface area contributed by atoms with Crippen LogP contribution in [0.15, 0.2) is 107 Å². The minimum atomic E-state index is -0.187. The number of aliphatic imine (C=N–C) groups is 2. The first-order valence-electron chi connectivity index (χ1n) is 14.3. The zero-order valence-electron chi connectivity index (χ0n) is 24.2. The maximum absolute atomic E-state index is 5.79. The molecule has 0 saturated carbocycles. The van der Waals surface area contributed by atoms with E-state index >= 15 is 0 Å². The van der Waals surface area contributed by atoms with Crippen molar-refractivity contribution in [3.8, 4) is 11.4 Å². The smallest absolute Gasteiger partial charge is 0.179 e. The predicted octanol–water partition coefficient (Wildman–Crippen LogP) is 7.99. The zero-order valence-corrected chi connectivity index (χ0v) is 24.2. The summed E-state index contributed by atoms with van der Waals surface area (Å²) in [6.07, 6.45) is 0. The van der Waals surface area contributed by atoms with Crippen LogP contribution in [0.2, 0.25) is 0 Å². The highest BCUT2D eigenvalue weighted by atomic mass is 16.5. The number of hydrogen-bond acceptors (Lipinski definition) is 6. The highest BCUT2D eigenvalue weighted by Crippen LogP contribution is 2.48. The van der Waals surface area contributed by atoms with Crippen LogP contribution in [0.25, 0.3) is 5.69 Å². The number of rotatable bonds is 5. The second kappa shape index (κ2) is 10.3. The Kier molecular flexibility index (Phi) is 6.35. The van der Waals surface area contributed by atoms with E-state index in [-0.39, 0.29) is 6.04 Å². The summed E-state index contributed by atoms with van der Waals surface area (Å²) in [6.45, 7) is 8.90. The average molecular weight is 553 g/mol. The van der Waals surface area contributed by atoms with Gasteiger partial charge in [0.05, 0.1) is 35.4 Å². The quantitative estimate of drug-likeness (QED) is 0.240. The van der Waals surface area contributed by atoms with Crippen LogP contribution in [0, 0.1) is 20.8 Å². The van der Waals surface area contributed by atoms with E-state index in [1.807, 2.05) is 48.0 Å². The summed E-state index contributed by atoms with van der Waals surface area (Å²) in [7, 11) is 0. The second-order valence-electron chi connectivity index (χ2n) is 10.7. The molecule has 1 aromatic heterocycles. The lowest BCUT2D eigenvalue weighted by atomic mass is 9.93. The summed E-state index contributed by atoms with van der Waals surface area (Å²) >= 11 is 0. The lowest BCUT2D eigenvalue weighted by Crippen LogP contribution is -2.46. The van der Waals surface area contributed by atoms with Gasteiger partial charge in [0.2, 0.25) is 0 Å². The molecular weight excluding hydrogens is 520 g/mol. The molecule has 3 heterocycles. The fourth-order valence-electron chi connectivity index (χ4n) is 5.96. The maximum Gasteiger partial charge on any atom is 0.179 e. The van der Waals surface area contributed by atoms with Crippen molar-refractivity contribution in [1.29, 1.82) is 0 Å². The third kappa shape index (κ3) is 4.43. The summed E-state index contributed by atoms with van der Waals surface area (Å²) in [4.78, 5) is 12.8. The van der Waals surface area contributed by atoms with Gasteiger partial charge in [-0.15, -0.1) is 0 Å². The van der Waals surface area contributed by atoms with Crippen LogP contribution >= 0.6 is 0 Å². The Morgan fingerprint density at radius 3 is 2.26 bits per heavy atom. The van der Waals surface area contributed by atoms with Gasteiger partial charge in [-0.1, -0.05) is 48.5 Å². The van der Waals surface area contributed by atoms with E-state index in [4.69, 9.17) is 19.8 Å². The SMILES string of the molecule is CCOc1ccc([C@@H]2c3c(C)nn(-c4ccccc4)c3N=C3C(Nc4cc(C)cc(C)c4)=Nc4ccccc4N32)cc1. The van der Waals surface area contributed by atoms with Gasteiger partial charge in [-0.2, -0.15) is 5.10 Å². The van der Waals surface area contributed by atoms with Crippen LogP contribution in [0.1, 0.15) is 40.9 Å². The molecule has 2 aliphatic heterocycles. The van der Waals surface area contributed by atoms with Crippen molar-refractivity contribution in [1.82, 2.24) is 9.78 Å². The molecule has 1 atom stereocenters. The molecule has 0 saturated heterocycles. The molecule has 0 unspecified atom stereocenters. The van der Waals surface area contributed by atoms with Gasteiger partial charge < -0.3 is 15.0 Å². The van der Waals surface area contributed by atoms with E-state index in [2.05, 4.69) is 91.7 Å². The fraction of sp³-hybridized carbons (Fsp3) is 0.171. The van der Waals surface area contributed by atoms with Crippen molar-refractivity contribution in [3.63, 3.8) is 0 Å². The number of nitrogens with zero attached hydrogens (tertiary/aromatic N) is 5. The lowest BCUT2D eigenvalue weighted by Gasteiger charge is -2.40. The number of fused-ring (bicyclic) bond motifs is 4. The van der Waals surface area contributed by atoms with Crippen LogP contribution in [0.3, 0.4) is 0 Å². The van der Waals surface area contributed by atoms with Gasteiger partial charge in [0, 0.05) is 11.3 Å². The summed E-state index contributed by atoms with van der Waals surface area (Å²) in [5.41, 5.74) is 9.30. The first-order chi connectivity index (χ1) is 20.5. The molecule has 0 fully saturated rings. The molecule has 7 rings (SSSR count). The molecule has 5 aromatic rings. The summed E-state index contributed by atoms with van der Waals surface area (Å²) in [5, 5.41) is 8.65. The van der Waals surface area contributed by atoms with Crippen molar-refractivity contribution in [2.75, 3.05) is 16.8 Å². The monoisotopic (exact) mass is 552 g/mol. The van der Waals surface area contributed by atoms with Crippen LogP contribution in [0.5, 0.6) is 5.75 Å². The molecule has 7 nitrogen and oxygen atoms in total. The van der Waals surface area contributed by atoms with Gasteiger partial charge in [-0.25, -0.2) is 14.7 Å². The van der Waals surface area contributed by atoms with Gasteiger partial charge in [0.25, 0.3) is 0 Å². The van der Waals surface area contributed by atoms with Gasteiger partial charge >= 0.3 is 0 Å². The summed E-state index contributed by atoms with van der Waals surface area (Å²) in [6, 6.07) is 33.1. The molecular formula is C35H32N6O. The molecule has 0 spiro atoms. The molecule has 2 aliphatic rings. The minimum Gasteiger partial charge on any atom is -0.494 e. The summed E-state index contributed by atoms with van der Waals surface area (Å²) in [5.74, 6) is 3.09. The first kappa shape index (κ1) is 25.8. The number of benzene rings is 4. The van der Waals surface area contributed by atoms with E-state index in [1.54, 1.807) is 0 Å². The number of hydrogen-bond donors (Lipinski definition) is 1. The Balaban J connectivity index is 1.47. The Bertz CT molecular complexity index is 1830. The van der Waals surface area contributed by atoms with E-state index in [1.165, 1.54) is 11.1 Å². The first-order valence-corrected chi connectivity index (χ1v) is 14.3. The van der Waals surface area contributed by atoms with Crippen LogP contribution in [-0.4, -0.2) is 28.1 Å². The Labute approximate surface area is 245 Å². The van der Waals surface area contributed by atoms with Crippen molar-refractivity contribution in [3.05, 3.63) is 125 Å². The standard InChI is InChI=1S/C35H32N6O/c1-5-42-28-17-15-25(16-18-28)32-31-24(4)39-41(27-11-7-6-8-12-27)34(31)38-35-33(36-26-20-22(2)19-23(3)21-26)37-29-13-9-10-14-30(29)40(32)35/h6-21,32H,5H2,1-4H3,(H,36,37)/t32-/m1/s1. The molecule has 0 amide bonds. The van der Waals surface area contributed by atoms with Crippen LogP contribution in [-0.2, 0) is 0 Å². The van der Waals surface area contributed by atoms with Crippen molar-refractivity contribution < 1.29 is 4.74 Å². The normalized spacial score (nSPS) is 15.2. The molecule has 4 aromatic carbocycles. The van der Waals surface area contributed by atoms with Crippen molar-refractivity contribution >= 4 is 34.6 Å². The average Bonchev–Trinajstić information content (AvgIpc) is 3.32. The highest BCUT2D eigenvalue weighted by molar-refractivity contribution is 6.51. The van der Waals surface area contributed by atoms with Gasteiger partial charge in [0.1, 0.15) is 5.75 Å². The Hall–Kier alpha value is -5.17. The summed E-state index contributed by atoms with van der Waals surface area (Å²) < 4.78 is 7.74. The van der Waals surface area contributed by atoms with Gasteiger partial charge in [-0.3, -0.25) is 0 Å². The lowest BCUT2D eigenvalue weighted by molar-refractivity contribution is 0.340. The number of para-hydroxylation sites is 3. The molecule has 208 valence electrons. The third-order valence-corrected chi connectivity index (χ3v) is 7.63. The van der Waals surface area contributed by atoms with Gasteiger partial charge in [-0.05, 0) is 92.9 Å². The zero-order chi connectivity index (χ0) is 28.8. The van der Waals surface area contributed by atoms with E-state index in [9.17, 15) is 0 Å².